The molecule has 4 nitrogen and oxygen atoms in total. The lowest BCUT2D eigenvalue weighted by molar-refractivity contribution is 0.148. The number of rotatable bonds is 3. The van der Waals surface area contributed by atoms with Crippen LogP contribution in [-0.4, -0.2) is 17.0 Å². The Morgan fingerprint density at radius 1 is 1.18 bits per heavy atom. The van der Waals surface area contributed by atoms with Gasteiger partial charge in [-0.05, 0) is 38.1 Å². The van der Waals surface area contributed by atoms with Crippen LogP contribution >= 0.6 is 11.6 Å². The Bertz CT molecular complexity index is 758. The molecule has 0 amide bonds. The lowest BCUT2D eigenvalue weighted by Gasteiger charge is -2.27. The summed E-state index contributed by atoms with van der Waals surface area (Å²) >= 11 is 6.08. The number of amidine groups is 1. The SMILES string of the molecule is CC(C)Oc1ccccc1[C@]1(O)C(N)=Nc2ccc(Cl)cc21. The number of ether oxygens (including phenoxy) is 1. The number of fused-ring (bicyclic) bond motifs is 1. The average molecular weight is 317 g/mol. The van der Waals surface area contributed by atoms with Crippen molar-refractivity contribution in [3.8, 4) is 5.75 Å². The molecule has 0 unspecified atom stereocenters. The molecular formula is C17H17ClN2O2. The first-order valence-electron chi connectivity index (χ1n) is 7.06. The first-order valence-corrected chi connectivity index (χ1v) is 7.44. The third-order valence-electron chi connectivity index (χ3n) is 3.60. The van der Waals surface area contributed by atoms with Crippen LogP contribution < -0.4 is 10.5 Å². The molecule has 1 heterocycles. The Balaban J connectivity index is 2.20. The average Bonchev–Trinajstić information content (AvgIpc) is 2.72. The smallest absolute Gasteiger partial charge is 0.178 e. The third-order valence-corrected chi connectivity index (χ3v) is 3.83. The van der Waals surface area contributed by atoms with Gasteiger partial charge in [0, 0.05) is 16.1 Å². The summed E-state index contributed by atoms with van der Waals surface area (Å²) < 4.78 is 5.81. The van der Waals surface area contributed by atoms with E-state index in [0.29, 0.717) is 27.6 Å². The fraction of sp³-hybridized carbons (Fsp3) is 0.235. The van der Waals surface area contributed by atoms with Crippen LogP contribution in [0.3, 0.4) is 0 Å². The minimum atomic E-state index is -1.54. The molecule has 22 heavy (non-hydrogen) atoms. The third kappa shape index (κ3) is 2.25. The highest BCUT2D eigenvalue weighted by atomic mass is 35.5. The van der Waals surface area contributed by atoms with E-state index in [1.54, 1.807) is 24.3 Å². The summed E-state index contributed by atoms with van der Waals surface area (Å²) in [5, 5.41) is 11.8. The number of hydrogen-bond acceptors (Lipinski definition) is 4. The van der Waals surface area contributed by atoms with Gasteiger partial charge in [0.1, 0.15) is 11.6 Å². The van der Waals surface area contributed by atoms with Gasteiger partial charge < -0.3 is 15.6 Å². The normalized spacial score (nSPS) is 20.0. The van der Waals surface area contributed by atoms with Crippen molar-refractivity contribution in [2.45, 2.75) is 25.6 Å². The van der Waals surface area contributed by atoms with Gasteiger partial charge in [-0.3, -0.25) is 0 Å². The van der Waals surface area contributed by atoms with Crippen LogP contribution in [0.5, 0.6) is 5.75 Å². The van der Waals surface area contributed by atoms with Crippen molar-refractivity contribution in [3.05, 3.63) is 58.6 Å². The predicted octanol–water partition coefficient (Wildman–Crippen LogP) is 3.37. The number of hydrogen-bond donors (Lipinski definition) is 2. The van der Waals surface area contributed by atoms with E-state index in [2.05, 4.69) is 4.99 Å². The van der Waals surface area contributed by atoms with E-state index in [0.717, 1.165) is 0 Å². The van der Waals surface area contributed by atoms with Crippen molar-refractivity contribution in [1.82, 2.24) is 0 Å². The Labute approximate surface area is 134 Å². The summed E-state index contributed by atoms with van der Waals surface area (Å²) in [5.41, 5.74) is 6.25. The minimum absolute atomic E-state index is 0.0249. The van der Waals surface area contributed by atoms with E-state index < -0.39 is 5.60 Å². The van der Waals surface area contributed by atoms with Crippen LogP contribution in [-0.2, 0) is 5.60 Å². The Kier molecular flexibility index (Phi) is 3.59. The van der Waals surface area contributed by atoms with Crippen LogP contribution in [0.15, 0.2) is 47.5 Å². The Hall–Kier alpha value is -2.04. The molecule has 114 valence electrons. The number of aliphatic hydroxyl groups is 1. The number of para-hydroxylation sites is 1. The molecule has 1 atom stereocenters. The van der Waals surface area contributed by atoms with Gasteiger partial charge in [0.25, 0.3) is 0 Å². The number of aliphatic imine (C=N–C) groups is 1. The Morgan fingerprint density at radius 2 is 1.91 bits per heavy atom. The van der Waals surface area contributed by atoms with E-state index >= 15 is 0 Å². The van der Waals surface area contributed by atoms with Crippen LogP contribution in [0.1, 0.15) is 25.0 Å². The van der Waals surface area contributed by atoms with Crippen molar-refractivity contribution in [2.24, 2.45) is 10.7 Å². The molecule has 1 aliphatic rings. The lowest BCUT2D eigenvalue weighted by Crippen LogP contribution is -2.40. The summed E-state index contributed by atoms with van der Waals surface area (Å²) in [4.78, 5) is 4.27. The summed E-state index contributed by atoms with van der Waals surface area (Å²) in [5.74, 6) is 0.690. The predicted molar refractivity (Wildman–Crippen MR) is 87.9 cm³/mol. The molecule has 3 N–H and O–H groups in total. The summed E-state index contributed by atoms with van der Waals surface area (Å²) in [6.45, 7) is 3.86. The number of halogens is 1. The molecule has 0 aliphatic carbocycles. The van der Waals surface area contributed by atoms with E-state index in [-0.39, 0.29) is 11.9 Å². The zero-order valence-corrected chi connectivity index (χ0v) is 13.1. The highest BCUT2D eigenvalue weighted by molar-refractivity contribution is 6.30. The van der Waals surface area contributed by atoms with Crippen molar-refractivity contribution in [3.63, 3.8) is 0 Å². The van der Waals surface area contributed by atoms with E-state index in [4.69, 9.17) is 22.1 Å². The number of nitrogens with two attached hydrogens (primary N) is 1. The number of nitrogens with zero attached hydrogens (tertiary/aromatic N) is 1. The van der Waals surface area contributed by atoms with Crippen molar-refractivity contribution >= 4 is 23.1 Å². The van der Waals surface area contributed by atoms with E-state index in [1.165, 1.54) is 0 Å². The van der Waals surface area contributed by atoms with Crippen LogP contribution in [0.25, 0.3) is 0 Å². The second kappa shape index (κ2) is 5.30. The molecule has 0 spiro atoms. The number of benzene rings is 2. The molecule has 0 saturated heterocycles. The summed E-state index contributed by atoms with van der Waals surface area (Å²) in [7, 11) is 0. The second-order valence-electron chi connectivity index (χ2n) is 5.53. The maximum Gasteiger partial charge on any atom is 0.178 e. The van der Waals surface area contributed by atoms with Gasteiger partial charge in [-0.25, -0.2) is 4.99 Å². The maximum absolute atomic E-state index is 11.3. The molecule has 0 radical (unpaired) electrons. The quantitative estimate of drug-likeness (QED) is 0.912. The molecule has 0 bridgehead atoms. The lowest BCUT2D eigenvalue weighted by atomic mass is 9.86. The Morgan fingerprint density at radius 3 is 2.64 bits per heavy atom. The van der Waals surface area contributed by atoms with Crippen molar-refractivity contribution in [1.29, 1.82) is 0 Å². The summed E-state index contributed by atoms with van der Waals surface area (Å²) in [6.07, 6.45) is -0.0249. The zero-order chi connectivity index (χ0) is 15.9. The molecule has 0 saturated carbocycles. The van der Waals surface area contributed by atoms with Gasteiger partial charge in [0.05, 0.1) is 11.8 Å². The fourth-order valence-corrected chi connectivity index (χ4v) is 2.82. The van der Waals surface area contributed by atoms with Gasteiger partial charge in [0.15, 0.2) is 5.60 Å². The second-order valence-corrected chi connectivity index (χ2v) is 5.97. The maximum atomic E-state index is 11.3. The van der Waals surface area contributed by atoms with E-state index in [9.17, 15) is 5.11 Å². The molecule has 0 fully saturated rings. The van der Waals surface area contributed by atoms with E-state index in [1.807, 2.05) is 32.0 Å². The highest BCUT2D eigenvalue weighted by Gasteiger charge is 2.44. The topological polar surface area (TPSA) is 67.8 Å². The largest absolute Gasteiger partial charge is 0.491 e. The van der Waals surface area contributed by atoms with Crippen molar-refractivity contribution < 1.29 is 9.84 Å². The van der Waals surface area contributed by atoms with Gasteiger partial charge in [0.2, 0.25) is 0 Å². The fourth-order valence-electron chi connectivity index (χ4n) is 2.65. The van der Waals surface area contributed by atoms with Crippen LogP contribution in [0.2, 0.25) is 5.02 Å². The minimum Gasteiger partial charge on any atom is -0.491 e. The first kappa shape index (κ1) is 14.9. The first-order chi connectivity index (χ1) is 10.4. The standard InChI is InChI=1S/C17H17ClN2O2/c1-10(2)22-15-6-4-3-5-12(15)17(21)13-9-11(18)7-8-14(13)20-16(17)19/h3-10,21H,1-2H3,(H2,19,20)/t17-/m1/s1. The monoisotopic (exact) mass is 316 g/mol. The summed E-state index contributed by atoms with van der Waals surface area (Å²) in [6, 6.07) is 12.4. The van der Waals surface area contributed by atoms with Crippen LogP contribution in [0, 0.1) is 0 Å². The zero-order valence-electron chi connectivity index (χ0n) is 12.4. The molecule has 5 heteroatoms. The van der Waals surface area contributed by atoms with Gasteiger partial charge >= 0.3 is 0 Å². The highest BCUT2D eigenvalue weighted by Crippen LogP contribution is 2.45. The van der Waals surface area contributed by atoms with Gasteiger partial charge in [-0.15, -0.1) is 0 Å². The molecule has 1 aliphatic heterocycles. The molecule has 0 aromatic heterocycles. The van der Waals surface area contributed by atoms with Crippen LogP contribution in [0.4, 0.5) is 5.69 Å². The molecule has 2 aromatic carbocycles. The van der Waals surface area contributed by atoms with Gasteiger partial charge in [-0.2, -0.15) is 0 Å². The molecule has 2 aromatic rings. The van der Waals surface area contributed by atoms with Crippen molar-refractivity contribution in [2.75, 3.05) is 0 Å². The molecular weight excluding hydrogens is 300 g/mol. The molecule has 3 rings (SSSR count). The van der Waals surface area contributed by atoms with Gasteiger partial charge in [-0.1, -0.05) is 29.8 Å².